The van der Waals surface area contributed by atoms with E-state index in [2.05, 4.69) is 5.32 Å². The van der Waals surface area contributed by atoms with Gasteiger partial charge >= 0.3 is 0 Å². The molecule has 1 aliphatic rings. The number of methoxy groups -OCH3 is 1. The van der Waals surface area contributed by atoms with Gasteiger partial charge in [-0.2, -0.15) is 0 Å². The molecule has 224 valence electrons. The largest absolute Gasteiger partial charge is 0.497 e. The van der Waals surface area contributed by atoms with Gasteiger partial charge in [-0.1, -0.05) is 30.3 Å². The summed E-state index contributed by atoms with van der Waals surface area (Å²) in [5.74, 6) is 0.529. The Morgan fingerprint density at radius 3 is 2.31 bits per heavy atom. The van der Waals surface area contributed by atoms with Crippen LogP contribution in [-0.2, 0) is 26.2 Å². The van der Waals surface area contributed by atoms with Crippen molar-refractivity contribution in [2.24, 2.45) is 0 Å². The molecule has 10 nitrogen and oxygen atoms in total. The Morgan fingerprint density at radius 1 is 0.952 bits per heavy atom. The van der Waals surface area contributed by atoms with E-state index >= 15 is 0 Å². The zero-order valence-corrected chi connectivity index (χ0v) is 25.3. The first-order valence-corrected chi connectivity index (χ1v) is 15.0. The molecule has 1 aliphatic heterocycles. The number of hydrogen-bond donors (Lipinski definition) is 1. The van der Waals surface area contributed by atoms with Crippen molar-refractivity contribution in [1.82, 2.24) is 10.2 Å². The number of carbonyl (C=O) groups is 2. The number of nitrogens with one attached hydrogen (secondary N) is 1. The molecule has 0 unspecified atom stereocenters. The number of sulfonamides is 1. The minimum atomic E-state index is -4.20. The molecule has 0 saturated carbocycles. The summed E-state index contributed by atoms with van der Waals surface area (Å²) in [6.45, 7) is 7.36. The second kappa shape index (κ2) is 12.7. The summed E-state index contributed by atoms with van der Waals surface area (Å²) in [7, 11) is -2.66. The molecule has 42 heavy (non-hydrogen) atoms. The van der Waals surface area contributed by atoms with Crippen molar-refractivity contribution in [3.63, 3.8) is 0 Å². The molecule has 0 aromatic heterocycles. The molecule has 1 atom stereocenters. The second-order valence-corrected chi connectivity index (χ2v) is 12.8. The first kappa shape index (κ1) is 30.7. The van der Waals surface area contributed by atoms with Gasteiger partial charge in [0.05, 0.1) is 17.7 Å². The topological polar surface area (TPSA) is 114 Å². The zero-order chi connectivity index (χ0) is 30.5. The number of nitrogens with zero attached hydrogens (tertiary/aromatic N) is 2. The number of anilines is 1. The lowest BCUT2D eigenvalue weighted by Gasteiger charge is -2.33. The van der Waals surface area contributed by atoms with Gasteiger partial charge in [0.25, 0.3) is 10.0 Å². The molecule has 1 heterocycles. The van der Waals surface area contributed by atoms with Crippen molar-refractivity contribution in [2.75, 3.05) is 31.2 Å². The van der Waals surface area contributed by atoms with E-state index in [1.54, 1.807) is 68.6 Å². The van der Waals surface area contributed by atoms with E-state index < -0.39 is 34.1 Å². The lowest BCUT2D eigenvalue weighted by molar-refractivity contribution is -0.140. The van der Waals surface area contributed by atoms with E-state index in [0.29, 0.717) is 30.5 Å². The van der Waals surface area contributed by atoms with Gasteiger partial charge in [-0.15, -0.1) is 0 Å². The van der Waals surface area contributed by atoms with Crippen LogP contribution in [0.5, 0.6) is 17.2 Å². The van der Waals surface area contributed by atoms with Crippen molar-refractivity contribution in [2.45, 2.75) is 50.7 Å². The predicted molar refractivity (Wildman–Crippen MR) is 159 cm³/mol. The molecule has 0 bridgehead atoms. The van der Waals surface area contributed by atoms with E-state index in [1.807, 2.05) is 26.8 Å². The van der Waals surface area contributed by atoms with Gasteiger partial charge < -0.3 is 24.4 Å². The number of hydrogen-bond acceptors (Lipinski definition) is 7. The zero-order valence-electron chi connectivity index (χ0n) is 24.5. The summed E-state index contributed by atoms with van der Waals surface area (Å²) >= 11 is 0. The van der Waals surface area contributed by atoms with Gasteiger partial charge in [0.15, 0.2) is 11.5 Å². The van der Waals surface area contributed by atoms with E-state index in [0.717, 1.165) is 9.87 Å². The highest BCUT2D eigenvalue weighted by Crippen LogP contribution is 2.36. The fourth-order valence-corrected chi connectivity index (χ4v) is 5.89. The Hall–Kier alpha value is -4.25. The molecule has 0 saturated heterocycles. The van der Waals surface area contributed by atoms with Crippen molar-refractivity contribution in [1.29, 1.82) is 0 Å². The quantitative estimate of drug-likeness (QED) is 0.377. The lowest BCUT2D eigenvalue weighted by Crippen LogP contribution is -2.54. The average Bonchev–Trinajstić information content (AvgIpc) is 2.97. The molecule has 1 N–H and O–H groups in total. The van der Waals surface area contributed by atoms with Gasteiger partial charge in [-0.25, -0.2) is 8.42 Å². The SMILES string of the molecule is COc1cccc(CN(C(=O)CN(c2ccc3c(c2)OCCO3)S(=O)(=O)c2ccccc2)[C@H](C)C(=O)NC(C)(C)C)c1. The molecule has 0 fully saturated rings. The van der Waals surface area contributed by atoms with Crippen LogP contribution in [0, 0.1) is 0 Å². The third-order valence-electron chi connectivity index (χ3n) is 6.58. The molecule has 2 amide bonds. The second-order valence-electron chi connectivity index (χ2n) is 10.9. The van der Waals surface area contributed by atoms with Crippen LogP contribution < -0.4 is 23.8 Å². The van der Waals surface area contributed by atoms with Crippen LogP contribution in [0.3, 0.4) is 0 Å². The summed E-state index contributed by atoms with van der Waals surface area (Å²) in [4.78, 5) is 28.8. The molecule has 0 spiro atoms. The van der Waals surface area contributed by atoms with Gasteiger partial charge in [-0.3, -0.25) is 13.9 Å². The number of carbonyl (C=O) groups excluding carboxylic acids is 2. The Labute approximate surface area is 247 Å². The highest BCUT2D eigenvalue weighted by atomic mass is 32.2. The van der Waals surface area contributed by atoms with Gasteiger partial charge in [-0.05, 0) is 69.7 Å². The highest BCUT2D eigenvalue weighted by Gasteiger charge is 2.34. The van der Waals surface area contributed by atoms with Crippen LogP contribution in [0.25, 0.3) is 0 Å². The molecule has 11 heteroatoms. The maximum Gasteiger partial charge on any atom is 0.264 e. The summed E-state index contributed by atoms with van der Waals surface area (Å²) in [6.07, 6.45) is 0. The van der Waals surface area contributed by atoms with E-state index in [-0.39, 0.29) is 23.0 Å². The van der Waals surface area contributed by atoms with Crippen molar-refractivity contribution < 1.29 is 32.2 Å². The van der Waals surface area contributed by atoms with Crippen LogP contribution in [0.1, 0.15) is 33.3 Å². The number of benzene rings is 3. The maximum absolute atomic E-state index is 14.1. The van der Waals surface area contributed by atoms with Crippen molar-refractivity contribution >= 4 is 27.5 Å². The first-order valence-electron chi connectivity index (χ1n) is 13.6. The number of fused-ring (bicyclic) bond motifs is 1. The molecule has 3 aromatic carbocycles. The standard InChI is InChI=1S/C31H37N3O7S/c1-22(30(36)32-31(2,3)4)33(20-23-10-9-11-25(18-23)39-5)29(35)21-34(42(37,38)26-12-7-6-8-13-26)24-14-15-27-28(19-24)41-17-16-40-27/h6-15,18-19,22H,16-17,20-21H2,1-5H3,(H,32,36)/t22-/m1/s1. The Balaban J connectivity index is 1.74. The van der Waals surface area contributed by atoms with Gasteiger partial charge in [0, 0.05) is 18.2 Å². The fraction of sp³-hybridized carbons (Fsp3) is 0.355. The van der Waals surface area contributed by atoms with Crippen LogP contribution in [0.4, 0.5) is 5.69 Å². The number of amides is 2. The summed E-state index contributed by atoms with van der Waals surface area (Å²) in [5.41, 5.74) is 0.406. The monoisotopic (exact) mass is 595 g/mol. The van der Waals surface area contributed by atoms with E-state index in [9.17, 15) is 18.0 Å². The smallest absolute Gasteiger partial charge is 0.264 e. The summed E-state index contributed by atoms with van der Waals surface area (Å²) in [5, 5.41) is 2.92. The predicted octanol–water partition coefficient (Wildman–Crippen LogP) is 3.99. The molecule has 4 rings (SSSR count). The van der Waals surface area contributed by atoms with Crippen molar-refractivity contribution in [3.05, 3.63) is 78.4 Å². The fourth-order valence-electron chi connectivity index (χ4n) is 4.46. The van der Waals surface area contributed by atoms with Gasteiger partial charge in [0.1, 0.15) is 31.5 Å². The third kappa shape index (κ3) is 7.33. The Kier molecular flexibility index (Phi) is 9.30. The van der Waals surface area contributed by atoms with Crippen LogP contribution in [-0.4, -0.2) is 63.6 Å². The summed E-state index contributed by atoms with van der Waals surface area (Å²) < 4.78 is 45.6. The van der Waals surface area contributed by atoms with E-state index in [1.165, 1.54) is 17.0 Å². The molecular formula is C31H37N3O7S. The van der Waals surface area contributed by atoms with E-state index in [4.69, 9.17) is 14.2 Å². The minimum Gasteiger partial charge on any atom is -0.497 e. The van der Waals surface area contributed by atoms with Gasteiger partial charge in [0.2, 0.25) is 11.8 Å². The average molecular weight is 596 g/mol. The Morgan fingerprint density at radius 2 is 1.64 bits per heavy atom. The Bertz CT molecular complexity index is 1520. The lowest BCUT2D eigenvalue weighted by atomic mass is 10.1. The minimum absolute atomic E-state index is 0.0190. The molecular weight excluding hydrogens is 558 g/mol. The molecule has 0 aliphatic carbocycles. The highest BCUT2D eigenvalue weighted by molar-refractivity contribution is 7.92. The first-order chi connectivity index (χ1) is 19.9. The molecule has 3 aromatic rings. The van der Waals surface area contributed by atoms with Crippen LogP contribution in [0.2, 0.25) is 0 Å². The normalized spacial score (nSPS) is 13.5. The number of ether oxygens (including phenoxy) is 3. The third-order valence-corrected chi connectivity index (χ3v) is 8.36. The van der Waals surface area contributed by atoms with Crippen molar-refractivity contribution in [3.8, 4) is 17.2 Å². The summed E-state index contributed by atoms with van der Waals surface area (Å²) in [6, 6.07) is 18.9. The molecule has 0 radical (unpaired) electrons. The van der Waals surface area contributed by atoms with Crippen LogP contribution >= 0.6 is 0 Å². The maximum atomic E-state index is 14.1. The van der Waals surface area contributed by atoms with Crippen LogP contribution in [0.15, 0.2) is 77.7 Å². The number of rotatable bonds is 10.